The van der Waals surface area contributed by atoms with Gasteiger partial charge < -0.3 is 14.6 Å². The van der Waals surface area contributed by atoms with E-state index in [0.29, 0.717) is 29.6 Å². The molecule has 3 aromatic rings. The number of hydrogen-bond donors (Lipinski definition) is 1. The van der Waals surface area contributed by atoms with Crippen molar-refractivity contribution < 1.29 is 22.4 Å². The number of allylic oxidation sites excluding steroid dienone is 5. The highest BCUT2D eigenvalue weighted by molar-refractivity contribution is 5.80. The highest BCUT2D eigenvalue weighted by Gasteiger charge is 2.30. The molecule has 0 amide bonds. The van der Waals surface area contributed by atoms with E-state index in [-0.39, 0.29) is 18.3 Å². The van der Waals surface area contributed by atoms with Gasteiger partial charge in [0.05, 0.1) is 28.8 Å². The van der Waals surface area contributed by atoms with Crippen LogP contribution in [0, 0.1) is 0 Å². The van der Waals surface area contributed by atoms with Crippen LogP contribution in [-0.4, -0.2) is 46.2 Å². The van der Waals surface area contributed by atoms with Crippen molar-refractivity contribution in [3.05, 3.63) is 77.9 Å². The number of guanidine groups is 1. The van der Waals surface area contributed by atoms with Crippen LogP contribution in [0.3, 0.4) is 0 Å². The topological polar surface area (TPSA) is 115 Å². The van der Waals surface area contributed by atoms with Gasteiger partial charge in [-0.1, -0.05) is 36.0 Å². The van der Waals surface area contributed by atoms with Gasteiger partial charge in [0, 0.05) is 33.3 Å². The van der Waals surface area contributed by atoms with Gasteiger partial charge in [0.2, 0.25) is 11.8 Å². The van der Waals surface area contributed by atoms with Crippen LogP contribution in [0.5, 0.6) is 0 Å². The van der Waals surface area contributed by atoms with Crippen molar-refractivity contribution in [1.82, 2.24) is 25.2 Å². The van der Waals surface area contributed by atoms with E-state index in [9.17, 15) is 13.2 Å². The van der Waals surface area contributed by atoms with Crippen LogP contribution >= 0.6 is 0 Å². The summed E-state index contributed by atoms with van der Waals surface area (Å²) in [6.07, 6.45) is -0.0504. The average molecular weight is 529 g/mol. The molecule has 0 radical (unpaired) electrons. The Balaban J connectivity index is 1.75. The van der Waals surface area contributed by atoms with Crippen LogP contribution in [0.4, 0.5) is 13.2 Å². The monoisotopic (exact) mass is 528 g/mol. The van der Waals surface area contributed by atoms with Crippen LogP contribution in [0.15, 0.2) is 86.3 Å². The molecule has 3 rings (SSSR count). The fraction of sp³-hybridized carbons (Fsp3) is 0.280. The Kier molecular flexibility index (Phi) is 9.30. The number of ether oxygens (including phenoxy) is 1. The van der Waals surface area contributed by atoms with E-state index in [0.717, 1.165) is 23.3 Å². The second-order valence-electron chi connectivity index (χ2n) is 7.84. The normalized spacial score (nSPS) is 13.3. The molecule has 1 N–H and O–H groups in total. The first-order chi connectivity index (χ1) is 18.2. The van der Waals surface area contributed by atoms with Crippen molar-refractivity contribution in [3.8, 4) is 22.8 Å². The number of aliphatic imine (C=N–C) groups is 1. The third-order valence-corrected chi connectivity index (χ3v) is 5.24. The summed E-state index contributed by atoms with van der Waals surface area (Å²) in [5.74, 6) is 1.29. The highest BCUT2D eigenvalue weighted by Crippen LogP contribution is 2.28. The number of azo groups is 1. The molecule has 2 heterocycles. The SMILES string of the molecule is C=C/C(=C\C=C(/C)OCc1c(-c2nc(-c3cccc(CNC(N=NC)=NC)c3)no2)cnn1C)C(F)(F)F. The molecule has 10 nitrogen and oxygen atoms in total. The lowest BCUT2D eigenvalue weighted by Gasteiger charge is -2.09. The minimum atomic E-state index is -4.49. The first-order valence-corrected chi connectivity index (χ1v) is 11.3. The van der Waals surface area contributed by atoms with Crippen molar-refractivity contribution in [2.24, 2.45) is 22.3 Å². The molecule has 200 valence electrons. The van der Waals surface area contributed by atoms with E-state index in [2.05, 4.69) is 42.4 Å². The summed E-state index contributed by atoms with van der Waals surface area (Å²) in [6, 6.07) is 7.57. The number of nitrogens with zero attached hydrogens (tertiary/aromatic N) is 7. The van der Waals surface area contributed by atoms with E-state index in [4.69, 9.17) is 9.26 Å². The van der Waals surface area contributed by atoms with Crippen LogP contribution in [0.2, 0.25) is 0 Å². The second-order valence-corrected chi connectivity index (χ2v) is 7.84. The molecule has 13 heteroatoms. The number of aryl methyl sites for hydroxylation is 1. The number of aromatic nitrogens is 4. The maximum Gasteiger partial charge on any atom is 0.416 e. The van der Waals surface area contributed by atoms with Gasteiger partial charge in [0.1, 0.15) is 6.61 Å². The summed E-state index contributed by atoms with van der Waals surface area (Å²) >= 11 is 0. The lowest BCUT2D eigenvalue weighted by Crippen LogP contribution is -2.20. The standard InChI is InChI=1S/C25H27F3N8O2/c1-6-19(25(26,27)28)11-10-16(2)37-15-21-20(14-32-36(21)5)23-33-22(35-38-23)18-9-7-8-17(12-18)13-31-24(29-3)34-30-4/h6-12,14H,1,13,15H2,2-5H3,(H,29,31)/b16-10+,19-11+,34-30?. The van der Waals surface area contributed by atoms with Crippen molar-refractivity contribution >= 4 is 5.96 Å². The number of nitrogens with one attached hydrogen (secondary N) is 1. The Hall–Kier alpha value is -4.55. The predicted octanol–water partition coefficient (Wildman–Crippen LogP) is 5.39. The minimum Gasteiger partial charge on any atom is -0.492 e. The van der Waals surface area contributed by atoms with Crippen molar-refractivity contribution in [2.45, 2.75) is 26.3 Å². The zero-order valence-electron chi connectivity index (χ0n) is 21.3. The predicted molar refractivity (Wildman–Crippen MR) is 136 cm³/mol. The number of halogens is 3. The maximum atomic E-state index is 12.9. The molecule has 0 fully saturated rings. The number of benzene rings is 1. The Morgan fingerprint density at radius 1 is 1.26 bits per heavy atom. The molecule has 0 saturated carbocycles. The zero-order valence-corrected chi connectivity index (χ0v) is 21.3. The van der Waals surface area contributed by atoms with E-state index in [1.807, 2.05) is 24.3 Å². The first kappa shape index (κ1) is 28.0. The van der Waals surface area contributed by atoms with Gasteiger partial charge in [-0.2, -0.15) is 28.4 Å². The van der Waals surface area contributed by atoms with Gasteiger partial charge >= 0.3 is 6.18 Å². The fourth-order valence-electron chi connectivity index (χ4n) is 3.23. The molecule has 38 heavy (non-hydrogen) atoms. The van der Waals surface area contributed by atoms with Gasteiger partial charge in [-0.3, -0.25) is 9.67 Å². The van der Waals surface area contributed by atoms with Crippen LogP contribution < -0.4 is 5.32 Å². The summed E-state index contributed by atoms with van der Waals surface area (Å²) < 4.78 is 51.3. The second kappa shape index (κ2) is 12.6. The number of hydrogen-bond acceptors (Lipinski definition) is 7. The zero-order chi connectivity index (χ0) is 27.7. The van der Waals surface area contributed by atoms with Gasteiger partial charge in [-0.05, 0) is 30.7 Å². The third-order valence-electron chi connectivity index (χ3n) is 5.24. The molecule has 0 spiro atoms. The molecule has 0 bridgehead atoms. The average Bonchev–Trinajstić information content (AvgIpc) is 3.51. The molecular weight excluding hydrogens is 501 g/mol. The summed E-state index contributed by atoms with van der Waals surface area (Å²) in [6.45, 7) is 5.23. The van der Waals surface area contributed by atoms with E-state index >= 15 is 0 Å². The Morgan fingerprint density at radius 2 is 2.05 bits per heavy atom. The highest BCUT2D eigenvalue weighted by atomic mass is 19.4. The lowest BCUT2D eigenvalue weighted by molar-refractivity contribution is -0.0881. The summed E-state index contributed by atoms with van der Waals surface area (Å²) in [4.78, 5) is 8.52. The molecular formula is C25H27F3N8O2. The quantitative estimate of drug-likeness (QED) is 0.131. The van der Waals surface area contributed by atoms with Gasteiger partial charge in [0.15, 0.2) is 0 Å². The summed E-state index contributed by atoms with van der Waals surface area (Å²) in [7, 11) is 4.89. The van der Waals surface area contributed by atoms with Crippen molar-refractivity contribution in [2.75, 3.05) is 14.1 Å². The van der Waals surface area contributed by atoms with Gasteiger partial charge in [-0.15, -0.1) is 5.11 Å². The molecule has 0 saturated heterocycles. The van der Waals surface area contributed by atoms with Crippen LogP contribution in [-0.2, 0) is 24.9 Å². The molecule has 2 aromatic heterocycles. The first-order valence-electron chi connectivity index (χ1n) is 11.3. The van der Waals surface area contributed by atoms with Gasteiger partial charge in [0.25, 0.3) is 5.89 Å². The Bertz CT molecular complexity index is 1380. The van der Waals surface area contributed by atoms with E-state index in [1.54, 1.807) is 38.9 Å². The fourth-order valence-corrected chi connectivity index (χ4v) is 3.23. The molecule has 0 aliphatic rings. The molecule has 1 aromatic carbocycles. The van der Waals surface area contributed by atoms with E-state index in [1.165, 1.54) is 6.08 Å². The van der Waals surface area contributed by atoms with Crippen molar-refractivity contribution in [1.29, 1.82) is 0 Å². The maximum absolute atomic E-state index is 12.9. The van der Waals surface area contributed by atoms with E-state index < -0.39 is 11.7 Å². The Morgan fingerprint density at radius 3 is 2.74 bits per heavy atom. The lowest BCUT2D eigenvalue weighted by atomic mass is 10.1. The largest absolute Gasteiger partial charge is 0.492 e. The smallest absolute Gasteiger partial charge is 0.416 e. The summed E-state index contributed by atoms with van der Waals surface area (Å²) in [5, 5.41) is 19.0. The van der Waals surface area contributed by atoms with Crippen LogP contribution in [0.25, 0.3) is 22.8 Å². The van der Waals surface area contributed by atoms with Crippen molar-refractivity contribution in [3.63, 3.8) is 0 Å². The molecule has 0 aliphatic carbocycles. The summed E-state index contributed by atoms with van der Waals surface area (Å²) in [5.41, 5.74) is 1.96. The minimum absolute atomic E-state index is 0.0206. The molecule has 0 aliphatic heterocycles. The van der Waals surface area contributed by atoms with Gasteiger partial charge in [-0.25, -0.2) is 0 Å². The third kappa shape index (κ3) is 7.24. The van der Waals surface area contributed by atoms with Crippen LogP contribution in [0.1, 0.15) is 18.2 Å². The number of alkyl halides is 3. The number of rotatable bonds is 9. The Labute approximate surface area is 217 Å². The molecule has 0 atom stereocenters. The molecule has 0 unspecified atom stereocenters.